The minimum Gasteiger partial charge on any atom is -0.366 e. The number of benzene rings is 2. The molecular weight excluding hydrogens is 302 g/mol. The Labute approximate surface area is 139 Å². The molecule has 1 amide bonds. The molecule has 0 aliphatic heterocycles. The van der Waals surface area contributed by atoms with Crippen LogP contribution in [-0.2, 0) is 0 Å². The van der Waals surface area contributed by atoms with Gasteiger partial charge in [0.1, 0.15) is 0 Å². The van der Waals surface area contributed by atoms with Crippen LogP contribution in [0.5, 0.6) is 0 Å². The molecule has 2 nitrogen and oxygen atoms in total. The topological polar surface area (TPSA) is 43.1 Å². The van der Waals surface area contributed by atoms with Crippen molar-refractivity contribution >= 4 is 17.2 Å². The molecule has 0 bridgehead atoms. The summed E-state index contributed by atoms with van der Waals surface area (Å²) in [5.74, 6) is 0.520. The van der Waals surface area contributed by atoms with E-state index in [1.807, 2.05) is 24.3 Å². The summed E-state index contributed by atoms with van der Waals surface area (Å²) < 4.78 is 0. The van der Waals surface area contributed by atoms with Crippen LogP contribution in [0, 0.1) is 0 Å². The highest BCUT2D eigenvalue weighted by Crippen LogP contribution is 2.57. The molecule has 1 heterocycles. The monoisotopic (exact) mass is 319 g/mol. The normalized spacial score (nSPS) is 19.5. The first-order chi connectivity index (χ1) is 11.3. The lowest BCUT2D eigenvalue weighted by Crippen LogP contribution is -2.13. The summed E-state index contributed by atoms with van der Waals surface area (Å²) in [6.45, 7) is 0. The molecule has 23 heavy (non-hydrogen) atoms. The van der Waals surface area contributed by atoms with E-state index in [4.69, 9.17) is 5.73 Å². The van der Waals surface area contributed by atoms with Gasteiger partial charge >= 0.3 is 0 Å². The standard InChI is InChI=1S/C20H17NOS/c21-20(22)16-9-4-2-7-14(16)18-12-17(18)13-6-1-3-8-15(13)19-10-5-11-23-19/h1-11,17-18H,12H2,(H2,21,22). The second-order valence-electron chi connectivity index (χ2n) is 5.96. The van der Waals surface area contributed by atoms with E-state index >= 15 is 0 Å². The third-order valence-electron chi connectivity index (χ3n) is 4.56. The maximum atomic E-state index is 11.7. The number of carbonyl (C=O) groups excluding carboxylic acids is 1. The summed E-state index contributed by atoms with van der Waals surface area (Å²) in [5, 5.41) is 2.11. The number of nitrogens with two attached hydrogens (primary N) is 1. The molecule has 1 aliphatic carbocycles. The summed E-state index contributed by atoms with van der Waals surface area (Å²) >= 11 is 1.77. The fourth-order valence-corrected chi connectivity index (χ4v) is 4.18. The van der Waals surface area contributed by atoms with E-state index in [9.17, 15) is 4.79 Å². The molecule has 4 rings (SSSR count). The first kappa shape index (κ1) is 14.2. The van der Waals surface area contributed by atoms with Crippen LogP contribution in [0.25, 0.3) is 10.4 Å². The van der Waals surface area contributed by atoms with E-state index in [-0.39, 0.29) is 5.91 Å². The Morgan fingerprint density at radius 2 is 1.61 bits per heavy atom. The number of hydrogen-bond donors (Lipinski definition) is 1. The Morgan fingerprint density at radius 1 is 0.913 bits per heavy atom. The highest BCUT2D eigenvalue weighted by molar-refractivity contribution is 7.13. The van der Waals surface area contributed by atoms with Crippen molar-refractivity contribution in [1.29, 1.82) is 0 Å². The van der Waals surface area contributed by atoms with Gasteiger partial charge in [0.05, 0.1) is 0 Å². The third kappa shape index (κ3) is 2.57. The summed E-state index contributed by atoms with van der Waals surface area (Å²) in [6, 6.07) is 20.6. The van der Waals surface area contributed by atoms with Crippen LogP contribution in [0.3, 0.4) is 0 Å². The number of hydrogen-bond acceptors (Lipinski definition) is 2. The number of amides is 1. The first-order valence-electron chi connectivity index (χ1n) is 7.77. The Morgan fingerprint density at radius 3 is 2.35 bits per heavy atom. The average molecular weight is 319 g/mol. The predicted octanol–water partition coefficient (Wildman–Crippen LogP) is 4.79. The van der Waals surface area contributed by atoms with E-state index in [1.54, 1.807) is 11.3 Å². The molecule has 1 aromatic heterocycles. The van der Waals surface area contributed by atoms with Crippen LogP contribution < -0.4 is 5.73 Å². The predicted molar refractivity (Wildman–Crippen MR) is 94.8 cm³/mol. The lowest BCUT2D eigenvalue weighted by Gasteiger charge is -2.09. The highest BCUT2D eigenvalue weighted by Gasteiger charge is 2.42. The van der Waals surface area contributed by atoms with Gasteiger partial charge in [-0.1, -0.05) is 48.5 Å². The lowest BCUT2D eigenvalue weighted by molar-refractivity contribution is 0.0999. The summed E-state index contributed by atoms with van der Waals surface area (Å²) in [7, 11) is 0. The zero-order chi connectivity index (χ0) is 15.8. The minimum atomic E-state index is -0.335. The Kier molecular flexibility index (Phi) is 3.50. The van der Waals surface area contributed by atoms with Gasteiger partial charge in [0.2, 0.25) is 5.91 Å². The van der Waals surface area contributed by atoms with Crippen molar-refractivity contribution in [2.75, 3.05) is 0 Å². The van der Waals surface area contributed by atoms with E-state index in [1.165, 1.54) is 16.0 Å². The van der Waals surface area contributed by atoms with Crippen molar-refractivity contribution < 1.29 is 4.79 Å². The van der Waals surface area contributed by atoms with Crippen molar-refractivity contribution in [3.63, 3.8) is 0 Å². The molecule has 1 fully saturated rings. The fourth-order valence-electron chi connectivity index (χ4n) is 3.40. The molecule has 0 radical (unpaired) electrons. The van der Waals surface area contributed by atoms with Gasteiger partial charge in [-0.15, -0.1) is 11.3 Å². The van der Waals surface area contributed by atoms with Crippen LogP contribution in [0.1, 0.15) is 39.7 Å². The van der Waals surface area contributed by atoms with Gasteiger partial charge in [0.25, 0.3) is 0 Å². The van der Waals surface area contributed by atoms with Gasteiger partial charge in [-0.3, -0.25) is 4.79 Å². The zero-order valence-corrected chi connectivity index (χ0v) is 13.4. The molecule has 3 heteroatoms. The molecule has 2 aromatic carbocycles. The van der Waals surface area contributed by atoms with Crippen LogP contribution in [0.4, 0.5) is 0 Å². The van der Waals surface area contributed by atoms with Crippen molar-refractivity contribution in [3.05, 3.63) is 82.7 Å². The Balaban J connectivity index is 1.70. The van der Waals surface area contributed by atoms with E-state index < -0.39 is 0 Å². The molecule has 0 saturated heterocycles. The van der Waals surface area contributed by atoms with Gasteiger partial charge in [0.15, 0.2) is 0 Å². The highest BCUT2D eigenvalue weighted by atomic mass is 32.1. The van der Waals surface area contributed by atoms with Crippen molar-refractivity contribution in [2.24, 2.45) is 5.73 Å². The van der Waals surface area contributed by atoms with Gasteiger partial charge in [-0.05, 0) is 52.5 Å². The largest absolute Gasteiger partial charge is 0.366 e. The third-order valence-corrected chi connectivity index (χ3v) is 5.47. The first-order valence-corrected chi connectivity index (χ1v) is 8.65. The SMILES string of the molecule is NC(=O)c1ccccc1C1CC1c1ccccc1-c1cccs1. The second kappa shape index (κ2) is 5.67. The summed E-state index contributed by atoms with van der Waals surface area (Å²) in [6.07, 6.45) is 1.08. The molecule has 2 N–H and O–H groups in total. The molecule has 114 valence electrons. The van der Waals surface area contributed by atoms with E-state index in [0.717, 1.165) is 12.0 Å². The molecule has 2 unspecified atom stereocenters. The van der Waals surface area contributed by atoms with Crippen LogP contribution in [-0.4, -0.2) is 5.91 Å². The van der Waals surface area contributed by atoms with Crippen LogP contribution in [0.15, 0.2) is 66.0 Å². The van der Waals surface area contributed by atoms with Gasteiger partial charge in [0, 0.05) is 10.4 Å². The van der Waals surface area contributed by atoms with Crippen molar-refractivity contribution in [1.82, 2.24) is 0 Å². The smallest absolute Gasteiger partial charge is 0.248 e. The molecule has 1 saturated carbocycles. The Hall–Kier alpha value is -2.39. The van der Waals surface area contributed by atoms with Gasteiger partial charge in [-0.25, -0.2) is 0 Å². The quantitative estimate of drug-likeness (QED) is 0.738. The molecule has 1 aliphatic rings. The van der Waals surface area contributed by atoms with Gasteiger partial charge < -0.3 is 5.73 Å². The van der Waals surface area contributed by atoms with Crippen LogP contribution >= 0.6 is 11.3 Å². The molecule has 0 spiro atoms. The van der Waals surface area contributed by atoms with Gasteiger partial charge in [-0.2, -0.15) is 0 Å². The zero-order valence-electron chi connectivity index (χ0n) is 12.6. The maximum Gasteiger partial charge on any atom is 0.248 e. The maximum absolute atomic E-state index is 11.7. The number of thiophene rings is 1. The number of carbonyl (C=O) groups is 1. The average Bonchev–Trinajstić information content (AvgIpc) is 3.19. The van der Waals surface area contributed by atoms with Crippen molar-refractivity contribution in [2.45, 2.75) is 18.3 Å². The number of primary amides is 1. The summed E-state index contributed by atoms with van der Waals surface area (Å²) in [5.41, 5.74) is 9.97. The van der Waals surface area contributed by atoms with Crippen LogP contribution in [0.2, 0.25) is 0 Å². The lowest BCUT2D eigenvalue weighted by atomic mass is 9.96. The fraction of sp³-hybridized carbons (Fsp3) is 0.150. The number of rotatable bonds is 4. The van der Waals surface area contributed by atoms with E-state index in [0.29, 0.717) is 17.4 Å². The molecular formula is C20H17NOS. The summed E-state index contributed by atoms with van der Waals surface area (Å²) in [4.78, 5) is 13.0. The molecule has 2 atom stereocenters. The Bertz CT molecular complexity index is 854. The minimum absolute atomic E-state index is 0.335. The van der Waals surface area contributed by atoms with E-state index in [2.05, 4.69) is 41.8 Å². The second-order valence-corrected chi connectivity index (χ2v) is 6.91. The van der Waals surface area contributed by atoms with Crippen molar-refractivity contribution in [3.8, 4) is 10.4 Å². The molecule has 3 aromatic rings.